The van der Waals surface area contributed by atoms with Gasteiger partial charge in [0.25, 0.3) is 0 Å². The van der Waals surface area contributed by atoms with E-state index in [9.17, 15) is 9.59 Å². The molecule has 0 unspecified atom stereocenters. The molecule has 1 N–H and O–H groups in total. The lowest BCUT2D eigenvalue weighted by Gasteiger charge is -2.29. The maximum absolute atomic E-state index is 13.7. The van der Waals surface area contributed by atoms with Gasteiger partial charge in [0.1, 0.15) is 6.61 Å². The molecule has 0 radical (unpaired) electrons. The maximum atomic E-state index is 13.7. The van der Waals surface area contributed by atoms with Gasteiger partial charge in [0, 0.05) is 43.9 Å². The van der Waals surface area contributed by atoms with Crippen molar-refractivity contribution in [3.05, 3.63) is 109 Å². The lowest BCUT2D eigenvalue weighted by molar-refractivity contribution is -0.136. The summed E-state index contributed by atoms with van der Waals surface area (Å²) in [5.41, 5.74) is 4.67. The summed E-state index contributed by atoms with van der Waals surface area (Å²) >= 11 is 19.1. The Bertz CT molecular complexity index is 1580. The molecular weight excluding hydrogens is 561 g/mol. The second-order valence-corrected chi connectivity index (χ2v) is 10.3. The van der Waals surface area contributed by atoms with E-state index in [1.165, 1.54) is 7.11 Å². The first-order chi connectivity index (χ1) is 18.7. The molecule has 0 bridgehead atoms. The summed E-state index contributed by atoms with van der Waals surface area (Å²) in [5.74, 6) is -0.774. The first-order valence-corrected chi connectivity index (χ1v) is 13.4. The van der Waals surface area contributed by atoms with Crippen LogP contribution in [0.4, 0.5) is 0 Å². The van der Waals surface area contributed by atoms with E-state index in [0.29, 0.717) is 61.8 Å². The summed E-state index contributed by atoms with van der Waals surface area (Å²) in [6, 6.07) is 15.9. The fourth-order valence-electron chi connectivity index (χ4n) is 4.99. The zero-order chi connectivity index (χ0) is 27.8. The van der Waals surface area contributed by atoms with Crippen molar-refractivity contribution < 1.29 is 23.8 Å². The Kier molecular flexibility index (Phi) is 7.63. The molecule has 2 aliphatic rings. The standard InChI is InChI=1S/C30H24Cl3NO5/c1-4-38-23-12-17(11-22(33)29(23)39-14-16-9-10-18(31)13-21(16)32)25-24(30(36)37-3)15(2)34-27-19-7-5-6-8-20(19)28(35)26(25)27/h5-13,25,34H,4,14H2,1-3H3/t25-/m1/s1. The smallest absolute Gasteiger partial charge is 0.336 e. The van der Waals surface area contributed by atoms with Gasteiger partial charge in [-0.3, -0.25) is 4.79 Å². The second-order valence-electron chi connectivity index (χ2n) is 9.04. The van der Waals surface area contributed by atoms with Crippen molar-refractivity contribution >= 4 is 52.3 Å². The number of Topliss-reactive ketones (excluding diaryl/α,β-unsaturated/α-hetero) is 1. The fourth-order valence-corrected chi connectivity index (χ4v) is 5.73. The Balaban J connectivity index is 1.61. The van der Waals surface area contributed by atoms with Gasteiger partial charge in [0.05, 0.1) is 30.0 Å². The summed E-state index contributed by atoms with van der Waals surface area (Å²) in [5, 5.41) is 4.51. The van der Waals surface area contributed by atoms with Crippen LogP contribution in [0.15, 0.2) is 71.4 Å². The summed E-state index contributed by atoms with van der Waals surface area (Å²) in [6.45, 7) is 4.08. The quantitative estimate of drug-likeness (QED) is 0.292. The Labute approximate surface area is 241 Å². The third-order valence-electron chi connectivity index (χ3n) is 6.71. The number of carbonyl (C=O) groups excluding carboxylic acids is 2. The minimum atomic E-state index is -0.745. The molecule has 9 heteroatoms. The number of allylic oxidation sites excluding steroid dienone is 2. The number of dihydropyridines is 1. The highest BCUT2D eigenvalue weighted by molar-refractivity contribution is 6.35. The Morgan fingerprint density at radius 3 is 2.41 bits per heavy atom. The molecule has 0 amide bonds. The van der Waals surface area contributed by atoms with Crippen molar-refractivity contribution in [3.8, 4) is 11.5 Å². The number of ketones is 1. The highest BCUT2D eigenvalue weighted by atomic mass is 35.5. The highest BCUT2D eigenvalue weighted by Gasteiger charge is 2.43. The zero-order valence-electron chi connectivity index (χ0n) is 21.4. The summed E-state index contributed by atoms with van der Waals surface area (Å²) in [7, 11) is 1.31. The number of rotatable bonds is 7. The molecule has 0 aromatic heterocycles. The number of hydrogen-bond donors (Lipinski definition) is 1. The SMILES string of the molecule is CCOc1cc([C@@H]2C(C(=O)OC)=C(C)NC3=C2C(=O)c2ccccc23)cc(Cl)c1OCc1ccc(Cl)cc1Cl. The first-order valence-electron chi connectivity index (χ1n) is 12.2. The molecule has 1 aliphatic heterocycles. The van der Waals surface area contributed by atoms with E-state index >= 15 is 0 Å². The number of ether oxygens (including phenoxy) is 3. The van der Waals surface area contributed by atoms with Gasteiger partial charge in [-0.1, -0.05) is 65.1 Å². The molecule has 1 aliphatic carbocycles. The number of carbonyl (C=O) groups is 2. The number of esters is 1. The van der Waals surface area contributed by atoms with Crippen LogP contribution in [0.2, 0.25) is 15.1 Å². The van der Waals surface area contributed by atoms with Crippen LogP contribution in [0.3, 0.4) is 0 Å². The molecule has 6 nitrogen and oxygen atoms in total. The molecular formula is C30H24Cl3NO5. The van der Waals surface area contributed by atoms with E-state index in [1.54, 1.807) is 43.3 Å². The predicted molar refractivity (Wildman–Crippen MR) is 152 cm³/mol. The Hall–Kier alpha value is -3.45. The highest BCUT2D eigenvalue weighted by Crippen LogP contribution is 2.49. The molecule has 0 saturated carbocycles. The van der Waals surface area contributed by atoms with Crippen molar-refractivity contribution in [2.45, 2.75) is 26.4 Å². The van der Waals surface area contributed by atoms with E-state index in [2.05, 4.69) is 5.32 Å². The van der Waals surface area contributed by atoms with Crippen LogP contribution in [0.1, 0.15) is 46.8 Å². The van der Waals surface area contributed by atoms with E-state index in [-0.39, 0.29) is 17.4 Å². The van der Waals surface area contributed by atoms with Gasteiger partial charge < -0.3 is 19.5 Å². The normalized spacial score (nSPS) is 16.1. The van der Waals surface area contributed by atoms with Crippen LogP contribution in [0, 0.1) is 0 Å². The minimum absolute atomic E-state index is 0.123. The third-order valence-corrected chi connectivity index (χ3v) is 7.57. The van der Waals surface area contributed by atoms with E-state index in [1.807, 2.05) is 25.1 Å². The first kappa shape index (κ1) is 27.1. The molecule has 0 spiro atoms. The van der Waals surface area contributed by atoms with Crippen molar-refractivity contribution in [2.24, 2.45) is 0 Å². The van der Waals surface area contributed by atoms with Crippen LogP contribution in [-0.4, -0.2) is 25.5 Å². The molecule has 0 saturated heterocycles. The Morgan fingerprint density at radius 2 is 1.72 bits per heavy atom. The largest absolute Gasteiger partial charge is 0.490 e. The van der Waals surface area contributed by atoms with E-state index < -0.39 is 11.9 Å². The maximum Gasteiger partial charge on any atom is 0.336 e. The topological polar surface area (TPSA) is 73.9 Å². The minimum Gasteiger partial charge on any atom is -0.490 e. The Morgan fingerprint density at radius 1 is 0.974 bits per heavy atom. The molecule has 3 aromatic rings. The van der Waals surface area contributed by atoms with Crippen molar-refractivity contribution in [1.82, 2.24) is 5.32 Å². The van der Waals surface area contributed by atoms with Crippen molar-refractivity contribution in [1.29, 1.82) is 0 Å². The summed E-state index contributed by atoms with van der Waals surface area (Å²) < 4.78 is 17.1. The van der Waals surface area contributed by atoms with Crippen LogP contribution >= 0.6 is 34.8 Å². The van der Waals surface area contributed by atoms with Crippen LogP contribution < -0.4 is 14.8 Å². The van der Waals surface area contributed by atoms with Gasteiger partial charge in [0.15, 0.2) is 17.3 Å². The zero-order valence-corrected chi connectivity index (χ0v) is 23.6. The third kappa shape index (κ3) is 4.89. The summed E-state index contributed by atoms with van der Waals surface area (Å²) in [6.07, 6.45) is 0. The fraction of sp³-hybridized carbons (Fsp3) is 0.200. The molecule has 0 fully saturated rings. The number of benzene rings is 3. The van der Waals surface area contributed by atoms with Gasteiger partial charge >= 0.3 is 5.97 Å². The molecule has 5 rings (SSSR count). The van der Waals surface area contributed by atoms with Gasteiger partial charge in [-0.15, -0.1) is 0 Å². The van der Waals surface area contributed by atoms with Crippen LogP contribution in [0.5, 0.6) is 11.5 Å². The number of fused-ring (bicyclic) bond motifs is 2. The van der Waals surface area contributed by atoms with E-state index in [4.69, 9.17) is 49.0 Å². The van der Waals surface area contributed by atoms with Gasteiger partial charge in [-0.25, -0.2) is 4.79 Å². The average Bonchev–Trinajstić information content (AvgIpc) is 3.19. The summed E-state index contributed by atoms with van der Waals surface area (Å²) in [4.78, 5) is 26.7. The molecule has 39 heavy (non-hydrogen) atoms. The molecule has 3 aromatic carbocycles. The number of halogens is 3. The van der Waals surface area contributed by atoms with Gasteiger partial charge in [-0.05, 0) is 43.7 Å². The molecule has 1 heterocycles. The monoisotopic (exact) mass is 583 g/mol. The lowest BCUT2D eigenvalue weighted by atomic mass is 9.79. The average molecular weight is 585 g/mol. The number of methoxy groups -OCH3 is 1. The number of hydrogen-bond acceptors (Lipinski definition) is 6. The lowest BCUT2D eigenvalue weighted by Crippen LogP contribution is -2.29. The molecule has 200 valence electrons. The van der Waals surface area contributed by atoms with Crippen molar-refractivity contribution in [3.63, 3.8) is 0 Å². The number of nitrogens with one attached hydrogen (secondary N) is 1. The van der Waals surface area contributed by atoms with Crippen LogP contribution in [-0.2, 0) is 16.1 Å². The predicted octanol–water partition coefficient (Wildman–Crippen LogP) is 7.37. The van der Waals surface area contributed by atoms with Gasteiger partial charge in [-0.2, -0.15) is 0 Å². The van der Waals surface area contributed by atoms with Gasteiger partial charge in [0.2, 0.25) is 0 Å². The molecule has 1 atom stereocenters. The van der Waals surface area contributed by atoms with Crippen molar-refractivity contribution in [2.75, 3.05) is 13.7 Å². The van der Waals surface area contributed by atoms with Crippen LogP contribution in [0.25, 0.3) is 5.70 Å². The van der Waals surface area contributed by atoms with E-state index in [0.717, 1.165) is 11.1 Å². The second kappa shape index (κ2) is 11.0.